The van der Waals surface area contributed by atoms with Crippen molar-refractivity contribution in [2.75, 3.05) is 0 Å². The fourth-order valence-corrected chi connectivity index (χ4v) is 2.23. The Bertz CT molecular complexity index is 664. The highest BCUT2D eigenvalue weighted by molar-refractivity contribution is 5.48. The summed E-state index contributed by atoms with van der Waals surface area (Å²) < 4.78 is 7.69. The number of nitrogens with zero attached hydrogens (tertiary/aromatic N) is 3. The van der Waals surface area contributed by atoms with Gasteiger partial charge in [-0.25, -0.2) is 4.98 Å². The minimum atomic E-state index is -0.452. The maximum atomic E-state index is 11.1. The molecule has 0 aliphatic heterocycles. The first-order valence-corrected chi connectivity index (χ1v) is 6.80. The van der Waals surface area contributed by atoms with E-state index in [0.717, 1.165) is 18.5 Å². The smallest absolute Gasteiger partial charge is 0.311 e. The predicted molar refractivity (Wildman–Crippen MR) is 75.8 cm³/mol. The average molecular weight is 288 g/mol. The Morgan fingerprint density at radius 2 is 2.29 bits per heavy atom. The first kappa shape index (κ1) is 13.6. The molecule has 0 amide bonds. The average Bonchev–Trinajstić information content (AvgIpc) is 3.23. The van der Waals surface area contributed by atoms with Gasteiger partial charge < -0.3 is 15.0 Å². The summed E-state index contributed by atoms with van der Waals surface area (Å²) >= 11 is 0. The zero-order chi connectivity index (χ0) is 14.8. The first-order valence-electron chi connectivity index (χ1n) is 6.80. The molecule has 1 saturated carbocycles. The fraction of sp³-hybridized carbons (Fsp3) is 0.357. The van der Waals surface area contributed by atoms with Crippen molar-refractivity contribution in [1.29, 1.82) is 0 Å². The van der Waals surface area contributed by atoms with Gasteiger partial charge in [-0.3, -0.25) is 10.1 Å². The van der Waals surface area contributed by atoms with Crippen LogP contribution in [0, 0.1) is 10.1 Å². The Kier molecular flexibility index (Phi) is 3.57. The Morgan fingerprint density at radius 3 is 2.95 bits per heavy atom. The van der Waals surface area contributed by atoms with Gasteiger partial charge in [0.1, 0.15) is 6.61 Å². The Labute approximate surface area is 121 Å². The van der Waals surface area contributed by atoms with E-state index >= 15 is 0 Å². The van der Waals surface area contributed by atoms with E-state index in [0.29, 0.717) is 11.6 Å². The largest absolute Gasteiger partial charge is 0.480 e. The van der Waals surface area contributed by atoms with Crippen molar-refractivity contribution in [3.05, 3.63) is 52.1 Å². The normalized spacial score (nSPS) is 14.1. The predicted octanol–water partition coefficient (Wildman–Crippen LogP) is 2.16. The molecule has 1 aliphatic rings. The first-order chi connectivity index (χ1) is 10.2. The molecular weight excluding hydrogens is 272 g/mol. The Balaban J connectivity index is 1.78. The van der Waals surface area contributed by atoms with Gasteiger partial charge in [0.15, 0.2) is 5.75 Å². The summed E-state index contributed by atoms with van der Waals surface area (Å²) in [5, 5.41) is 11.1. The third-order valence-corrected chi connectivity index (χ3v) is 3.52. The van der Waals surface area contributed by atoms with Crippen molar-refractivity contribution in [3.8, 4) is 5.75 Å². The number of ether oxygens (including phenoxy) is 1. The highest BCUT2D eigenvalue weighted by Gasteiger charge is 2.25. The number of benzene rings is 1. The molecule has 0 spiro atoms. The highest BCUT2D eigenvalue weighted by Crippen LogP contribution is 2.36. The third kappa shape index (κ3) is 2.87. The second kappa shape index (κ2) is 5.53. The number of hydrogen-bond acceptors (Lipinski definition) is 5. The van der Waals surface area contributed by atoms with Crippen LogP contribution in [0.25, 0.3) is 0 Å². The van der Waals surface area contributed by atoms with Crippen molar-refractivity contribution in [2.24, 2.45) is 5.73 Å². The molecule has 1 aliphatic carbocycles. The number of imidazole rings is 1. The number of nitrogens with two attached hydrogens (primary N) is 1. The molecule has 110 valence electrons. The summed E-state index contributed by atoms with van der Waals surface area (Å²) in [6, 6.07) is 5.28. The van der Waals surface area contributed by atoms with Gasteiger partial charge in [-0.1, -0.05) is 6.07 Å². The third-order valence-electron chi connectivity index (χ3n) is 3.52. The van der Waals surface area contributed by atoms with Gasteiger partial charge in [0.25, 0.3) is 0 Å². The number of hydrogen-bond donors (Lipinski definition) is 1. The summed E-state index contributed by atoms with van der Waals surface area (Å²) in [4.78, 5) is 14.8. The van der Waals surface area contributed by atoms with Crippen LogP contribution in [-0.2, 0) is 13.2 Å². The highest BCUT2D eigenvalue weighted by atomic mass is 16.6. The lowest BCUT2D eigenvalue weighted by atomic mass is 10.2. The van der Waals surface area contributed by atoms with Crippen molar-refractivity contribution >= 4 is 5.69 Å². The molecule has 3 rings (SSSR count). The van der Waals surface area contributed by atoms with Crippen LogP contribution in [0.2, 0.25) is 0 Å². The van der Waals surface area contributed by atoms with E-state index in [1.165, 1.54) is 6.07 Å². The van der Waals surface area contributed by atoms with E-state index in [-0.39, 0.29) is 24.6 Å². The zero-order valence-corrected chi connectivity index (χ0v) is 11.4. The molecule has 21 heavy (non-hydrogen) atoms. The number of nitro benzene ring substituents is 1. The second-order valence-corrected chi connectivity index (χ2v) is 5.08. The van der Waals surface area contributed by atoms with Crippen molar-refractivity contribution in [2.45, 2.75) is 32.0 Å². The molecule has 7 nitrogen and oxygen atoms in total. The van der Waals surface area contributed by atoms with Gasteiger partial charge in [-0.2, -0.15) is 0 Å². The molecule has 1 heterocycles. The zero-order valence-electron chi connectivity index (χ0n) is 11.4. The topological polar surface area (TPSA) is 96.2 Å². The van der Waals surface area contributed by atoms with Crippen LogP contribution < -0.4 is 10.5 Å². The molecule has 1 aromatic carbocycles. The molecule has 7 heteroatoms. The minimum Gasteiger partial charge on any atom is -0.480 e. The Hall–Kier alpha value is -2.41. The molecular formula is C14H16N4O3. The SMILES string of the molecule is NCc1ccc(OCc2cncn2C2CC2)c([N+](=O)[O-])c1. The van der Waals surface area contributed by atoms with E-state index in [9.17, 15) is 10.1 Å². The van der Waals surface area contributed by atoms with E-state index in [1.54, 1.807) is 24.7 Å². The summed E-state index contributed by atoms with van der Waals surface area (Å²) in [5.41, 5.74) is 7.08. The van der Waals surface area contributed by atoms with Gasteiger partial charge in [0.2, 0.25) is 0 Å². The summed E-state index contributed by atoms with van der Waals surface area (Å²) in [7, 11) is 0. The Morgan fingerprint density at radius 1 is 1.48 bits per heavy atom. The molecule has 0 radical (unpaired) electrons. The van der Waals surface area contributed by atoms with Crippen molar-refractivity contribution < 1.29 is 9.66 Å². The van der Waals surface area contributed by atoms with Crippen LogP contribution >= 0.6 is 0 Å². The van der Waals surface area contributed by atoms with E-state index in [2.05, 4.69) is 9.55 Å². The lowest BCUT2D eigenvalue weighted by molar-refractivity contribution is -0.386. The van der Waals surface area contributed by atoms with E-state index in [4.69, 9.17) is 10.5 Å². The molecule has 1 fully saturated rings. The fourth-order valence-electron chi connectivity index (χ4n) is 2.23. The molecule has 0 saturated heterocycles. The van der Waals surface area contributed by atoms with Crippen molar-refractivity contribution in [3.63, 3.8) is 0 Å². The number of nitro groups is 1. The van der Waals surface area contributed by atoms with Gasteiger partial charge in [-0.15, -0.1) is 0 Å². The lowest BCUT2D eigenvalue weighted by Gasteiger charge is -2.09. The van der Waals surface area contributed by atoms with E-state index < -0.39 is 4.92 Å². The lowest BCUT2D eigenvalue weighted by Crippen LogP contribution is -2.05. The van der Waals surface area contributed by atoms with Gasteiger partial charge in [0.05, 0.1) is 23.1 Å². The maximum Gasteiger partial charge on any atom is 0.311 e. The van der Waals surface area contributed by atoms with Crippen molar-refractivity contribution in [1.82, 2.24) is 9.55 Å². The van der Waals surface area contributed by atoms with Crippen LogP contribution in [-0.4, -0.2) is 14.5 Å². The van der Waals surface area contributed by atoms with Gasteiger partial charge in [0, 0.05) is 18.7 Å². The maximum absolute atomic E-state index is 11.1. The van der Waals surface area contributed by atoms with Crippen LogP contribution in [0.5, 0.6) is 5.75 Å². The summed E-state index contributed by atoms with van der Waals surface area (Å²) in [6.45, 7) is 0.523. The van der Waals surface area contributed by atoms with Crippen LogP contribution in [0.15, 0.2) is 30.7 Å². The standard InChI is InChI=1S/C14H16N4O3/c15-6-10-1-4-14(13(5-10)18(19)20)21-8-12-7-16-9-17(12)11-2-3-11/h1,4-5,7,9,11H,2-3,6,8,15H2. The number of rotatable bonds is 6. The molecule has 0 atom stereocenters. The summed E-state index contributed by atoms with van der Waals surface area (Å²) in [6.07, 6.45) is 5.81. The van der Waals surface area contributed by atoms with Gasteiger partial charge >= 0.3 is 5.69 Å². The molecule has 1 aromatic heterocycles. The second-order valence-electron chi connectivity index (χ2n) is 5.08. The molecule has 0 bridgehead atoms. The monoisotopic (exact) mass is 288 g/mol. The molecule has 2 N–H and O–H groups in total. The van der Waals surface area contributed by atoms with Gasteiger partial charge in [-0.05, 0) is 24.5 Å². The van der Waals surface area contributed by atoms with Crippen LogP contribution in [0.1, 0.15) is 30.1 Å². The quantitative estimate of drug-likeness (QED) is 0.649. The molecule has 2 aromatic rings. The van der Waals surface area contributed by atoms with Crippen LogP contribution in [0.3, 0.4) is 0 Å². The number of aromatic nitrogens is 2. The molecule has 0 unspecified atom stereocenters. The minimum absolute atomic E-state index is 0.0598. The summed E-state index contributed by atoms with van der Waals surface area (Å²) in [5.74, 6) is 0.251. The van der Waals surface area contributed by atoms with E-state index in [1.807, 2.05) is 0 Å². The van der Waals surface area contributed by atoms with Crippen LogP contribution in [0.4, 0.5) is 5.69 Å².